The molecular weight excluding hydrogens is 230 g/mol. The van der Waals surface area contributed by atoms with Crippen LogP contribution in [0.3, 0.4) is 0 Å². The predicted molar refractivity (Wildman–Crippen MR) is 66.9 cm³/mol. The van der Waals surface area contributed by atoms with E-state index in [1.807, 2.05) is 30.3 Å². The summed E-state index contributed by atoms with van der Waals surface area (Å²) in [7, 11) is 1.75. The lowest BCUT2D eigenvalue weighted by Crippen LogP contribution is -2.30. The first-order valence-electron chi connectivity index (χ1n) is 5.66. The average Bonchev–Trinajstić information content (AvgIpc) is 2.83. The Morgan fingerprint density at radius 3 is 2.72 bits per heavy atom. The molecule has 0 saturated heterocycles. The van der Waals surface area contributed by atoms with Crippen LogP contribution >= 0.6 is 0 Å². The summed E-state index contributed by atoms with van der Waals surface area (Å²) in [4.78, 5) is 11.9. The molecule has 5 heteroatoms. The summed E-state index contributed by atoms with van der Waals surface area (Å²) in [5.74, 6) is -0.244. The van der Waals surface area contributed by atoms with E-state index in [9.17, 15) is 9.90 Å². The molecule has 1 unspecified atom stereocenters. The molecule has 18 heavy (non-hydrogen) atoms. The molecule has 0 bridgehead atoms. The van der Waals surface area contributed by atoms with Crippen LogP contribution in [0.4, 0.5) is 0 Å². The molecule has 1 atom stereocenters. The van der Waals surface area contributed by atoms with Crippen molar-refractivity contribution in [1.29, 1.82) is 0 Å². The molecule has 0 fully saturated rings. The van der Waals surface area contributed by atoms with Gasteiger partial charge in [-0.15, -0.1) is 0 Å². The molecule has 5 nitrogen and oxygen atoms in total. The quantitative estimate of drug-likeness (QED) is 0.840. The molecule has 2 aromatic rings. The number of amides is 1. The van der Waals surface area contributed by atoms with Gasteiger partial charge in [-0.1, -0.05) is 30.3 Å². The minimum absolute atomic E-state index is 0.143. The number of carbonyl (C=O) groups excluding carboxylic acids is 1. The Morgan fingerprint density at radius 1 is 1.44 bits per heavy atom. The molecule has 0 aliphatic heterocycles. The number of aryl methyl sites for hydroxylation is 1. The summed E-state index contributed by atoms with van der Waals surface area (Å²) in [6.07, 6.45) is 3.13. The fourth-order valence-corrected chi connectivity index (χ4v) is 1.70. The molecule has 1 amide bonds. The fraction of sp³-hybridized carbons (Fsp3) is 0.231. The second kappa shape index (κ2) is 5.46. The zero-order valence-electron chi connectivity index (χ0n) is 10.1. The van der Waals surface area contributed by atoms with E-state index < -0.39 is 6.04 Å². The van der Waals surface area contributed by atoms with Crippen LogP contribution in [-0.4, -0.2) is 27.4 Å². The molecule has 94 valence electrons. The number of benzene rings is 1. The maximum Gasteiger partial charge on any atom is 0.255 e. The molecule has 2 N–H and O–H groups in total. The number of aliphatic hydroxyl groups is 1. The van der Waals surface area contributed by atoms with E-state index in [1.54, 1.807) is 17.9 Å². The van der Waals surface area contributed by atoms with Gasteiger partial charge in [0.25, 0.3) is 5.91 Å². The minimum atomic E-state index is -0.404. The molecule has 0 radical (unpaired) electrons. The van der Waals surface area contributed by atoms with Gasteiger partial charge in [-0.3, -0.25) is 9.48 Å². The van der Waals surface area contributed by atoms with Crippen LogP contribution in [-0.2, 0) is 7.05 Å². The summed E-state index contributed by atoms with van der Waals surface area (Å²) in [6, 6.07) is 8.96. The lowest BCUT2D eigenvalue weighted by molar-refractivity contribution is 0.0916. The van der Waals surface area contributed by atoms with E-state index in [0.717, 1.165) is 5.56 Å². The lowest BCUT2D eigenvalue weighted by Gasteiger charge is -2.16. The van der Waals surface area contributed by atoms with E-state index in [2.05, 4.69) is 10.4 Å². The summed E-state index contributed by atoms with van der Waals surface area (Å²) in [5, 5.41) is 16.1. The molecule has 1 aromatic heterocycles. The lowest BCUT2D eigenvalue weighted by atomic mass is 10.1. The van der Waals surface area contributed by atoms with Crippen LogP contribution in [0, 0.1) is 0 Å². The van der Waals surface area contributed by atoms with Gasteiger partial charge in [-0.25, -0.2) is 0 Å². The third kappa shape index (κ3) is 2.75. The number of carbonyl (C=O) groups is 1. The number of rotatable bonds is 4. The molecular formula is C13H15N3O2. The molecule has 1 heterocycles. The van der Waals surface area contributed by atoms with Crippen LogP contribution in [0.25, 0.3) is 0 Å². The third-order valence-corrected chi connectivity index (χ3v) is 2.66. The highest BCUT2D eigenvalue weighted by atomic mass is 16.3. The number of hydrogen-bond donors (Lipinski definition) is 2. The second-order valence-corrected chi connectivity index (χ2v) is 4.02. The van der Waals surface area contributed by atoms with Crippen molar-refractivity contribution in [3.8, 4) is 0 Å². The first kappa shape index (κ1) is 12.3. The largest absolute Gasteiger partial charge is 0.394 e. The van der Waals surface area contributed by atoms with Crippen molar-refractivity contribution in [2.75, 3.05) is 6.61 Å². The Kier molecular flexibility index (Phi) is 3.74. The number of aliphatic hydroxyl groups excluding tert-OH is 1. The summed E-state index contributed by atoms with van der Waals surface area (Å²) < 4.78 is 1.56. The normalized spacial score (nSPS) is 12.1. The monoisotopic (exact) mass is 245 g/mol. The molecule has 0 aliphatic carbocycles. The fourth-order valence-electron chi connectivity index (χ4n) is 1.70. The molecule has 1 aromatic carbocycles. The van der Waals surface area contributed by atoms with Gasteiger partial charge in [0.1, 0.15) is 0 Å². The summed E-state index contributed by atoms with van der Waals surface area (Å²) >= 11 is 0. The van der Waals surface area contributed by atoms with Gasteiger partial charge in [-0.2, -0.15) is 5.10 Å². The Morgan fingerprint density at radius 2 is 2.17 bits per heavy atom. The van der Waals surface area contributed by atoms with Crippen LogP contribution in [0.2, 0.25) is 0 Å². The highest BCUT2D eigenvalue weighted by Crippen LogP contribution is 2.12. The number of hydrogen-bond acceptors (Lipinski definition) is 3. The number of nitrogens with zero attached hydrogens (tertiary/aromatic N) is 2. The zero-order chi connectivity index (χ0) is 13.0. The Bertz CT molecular complexity index is 522. The van der Waals surface area contributed by atoms with Gasteiger partial charge >= 0.3 is 0 Å². The van der Waals surface area contributed by atoms with Crippen molar-refractivity contribution < 1.29 is 9.90 Å². The van der Waals surface area contributed by atoms with Crippen molar-refractivity contribution in [2.24, 2.45) is 7.05 Å². The smallest absolute Gasteiger partial charge is 0.255 e. The standard InChI is InChI=1S/C13H15N3O2/c1-16-8-11(7-14-16)13(18)15-12(9-17)10-5-3-2-4-6-10/h2-8,12,17H,9H2,1H3,(H,15,18). The summed E-state index contributed by atoms with van der Waals surface area (Å²) in [5.41, 5.74) is 1.35. The van der Waals surface area contributed by atoms with Crippen LogP contribution in [0.1, 0.15) is 22.0 Å². The van der Waals surface area contributed by atoms with Crippen molar-refractivity contribution in [3.63, 3.8) is 0 Å². The molecule has 0 saturated carbocycles. The maximum absolute atomic E-state index is 11.9. The van der Waals surface area contributed by atoms with Crippen molar-refractivity contribution in [1.82, 2.24) is 15.1 Å². The number of nitrogens with one attached hydrogen (secondary N) is 1. The second-order valence-electron chi connectivity index (χ2n) is 4.02. The molecule has 0 aliphatic rings. The maximum atomic E-state index is 11.9. The average molecular weight is 245 g/mol. The van der Waals surface area contributed by atoms with E-state index in [1.165, 1.54) is 6.20 Å². The Labute approximate surface area is 105 Å². The Hall–Kier alpha value is -2.14. The minimum Gasteiger partial charge on any atom is -0.394 e. The number of aromatic nitrogens is 2. The topological polar surface area (TPSA) is 67.2 Å². The summed E-state index contributed by atoms with van der Waals surface area (Å²) in [6.45, 7) is -0.143. The van der Waals surface area contributed by atoms with Crippen molar-refractivity contribution >= 4 is 5.91 Å². The Balaban J connectivity index is 2.10. The SMILES string of the molecule is Cn1cc(C(=O)NC(CO)c2ccccc2)cn1. The van der Waals surface area contributed by atoms with Gasteiger partial charge in [0.05, 0.1) is 24.4 Å². The van der Waals surface area contributed by atoms with Crippen LogP contribution in [0.15, 0.2) is 42.7 Å². The van der Waals surface area contributed by atoms with Gasteiger partial charge in [0.2, 0.25) is 0 Å². The van der Waals surface area contributed by atoms with Crippen molar-refractivity contribution in [2.45, 2.75) is 6.04 Å². The first-order valence-corrected chi connectivity index (χ1v) is 5.66. The highest BCUT2D eigenvalue weighted by Gasteiger charge is 2.15. The van der Waals surface area contributed by atoms with E-state index in [4.69, 9.17) is 0 Å². The van der Waals surface area contributed by atoms with Gasteiger partial charge < -0.3 is 10.4 Å². The van der Waals surface area contributed by atoms with Gasteiger partial charge in [-0.05, 0) is 5.56 Å². The molecule has 0 spiro atoms. The highest BCUT2D eigenvalue weighted by molar-refractivity contribution is 5.93. The van der Waals surface area contributed by atoms with E-state index in [0.29, 0.717) is 5.56 Å². The molecule has 2 rings (SSSR count). The third-order valence-electron chi connectivity index (χ3n) is 2.66. The van der Waals surface area contributed by atoms with Gasteiger partial charge in [0.15, 0.2) is 0 Å². The van der Waals surface area contributed by atoms with Crippen LogP contribution < -0.4 is 5.32 Å². The van der Waals surface area contributed by atoms with E-state index in [-0.39, 0.29) is 12.5 Å². The zero-order valence-corrected chi connectivity index (χ0v) is 10.1. The van der Waals surface area contributed by atoms with Crippen LogP contribution in [0.5, 0.6) is 0 Å². The first-order chi connectivity index (χ1) is 8.70. The van der Waals surface area contributed by atoms with E-state index >= 15 is 0 Å². The van der Waals surface area contributed by atoms with Gasteiger partial charge in [0, 0.05) is 13.2 Å². The predicted octanol–water partition coefficient (Wildman–Crippen LogP) is 0.884. The van der Waals surface area contributed by atoms with Crippen molar-refractivity contribution in [3.05, 3.63) is 53.9 Å².